The molecule has 1 aromatic heterocycles. The van der Waals surface area contributed by atoms with Crippen molar-refractivity contribution in [2.24, 2.45) is 0 Å². The number of benzene rings is 1. The van der Waals surface area contributed by atoms with E-state index in [2.05, 4.69) is 4.98 Å². The molecule has 0 aliphatic carbocycles. The van der Waals surface area contributed by atoms with Gasteiger partial charge in [-0.2, -0.15) is 0 Å². The van der Waals surface area contributed by atoms with Crippen LogP contribution in [0.3, 0.4) is 0 Å². The van der Waals surface area contributed by atoms with E-state index in [0.717, 1.165) is 16.8 Å². The molecule has 0 saturated carbocycles. The van der Waals surface area contributed by atoms with Crippen molar-refractivity contribution in [2.45, 2.75) is 6.92 Å². The second kappa shape index (κ2) is 3.73. The molecule has 0 aliphatic rings. The number of nitrogen functional groups attached to an aromatic ring is 1. The van der Waals surface area contributed by atoms with Gasteiger partial charge in [-0.3, -0.25) is 0 Å². The van der Waals surface area contributed by atoms with Crippen LogP contribution in [0.1, 0.15) is 16.1 Å². The molecule has 1 heterocycles. The molecule has 0 amide bonds. The van der Waals surface area contributed by atoms with Crippen LogP contribution in [0.4, 0.5) is 5.69 Å². The van der Waals surface area contributed by atoms with E-state index in [1.807, 2.05) is 31.2 Å². The summed E-state index contributed by atoms with van der Waals surface area (Å²) < 4.78 is 0. The average Bonchev–Trinajstić information content (AvgIpc) is 2.60. The highest BCUT2D eigenvalue weighted by molar-refractivity contribution is 5.93. The minimum Gasteiger partial charge on any atom is -0.477 e. The zero-order valence-corrected chi connectivity index (χ0v) is 8.82. The topological polar surface area (TPSA) is 79.1 Å². The Morgan fingerprint density at radius 3 is 2.69 bits per heavy atom. The molecule has 0 unspecified atom stereocenters. The highest BCUT2D eigenvalue weighted by atomic mass is 16.4. The van der Waals surface area contributed by atoms with E-state index in [9.17, 15) is 4.79 Å². The van der Waals surface area contributed by atoms with Crippen LogP contribution >= 0.6 is 0 Å². The third kappa shape index (κ3) is 1.77. The van der Waals surface area contributed by atoms with Crippen molar-refractivity contribution in [3.63, 3.8) is 0 Å². The largest absolute Gasteiger partial charge is 0.477 e. The molecule has 0 saturated heterocycles. The molecule has 0 fully saturated rings. The van der Waals surface area contributed by atoms with E-state index in [1.165, 1.54) is 0 Å². The van der Waals surface area contributed by atoms with E-state index in [0.29, 0.717) is 0 Å². The lowest BCUT2D eigenvalue weighted by Gasteiger charge is -1.98. The quantitative estimate of drug-likeness (QED) is 0.720. The maximum Gasteiger partial charge on any atom is 0.354 e. The Bertz CT molecular complexity index is 544. The summed E-state index contributed by atoms with van der Waals surface area (Å²) in [7, 11) is 0. The van der Waals surface area contributed by atoms with Crippen LogP contribution in [0.15, 0.2) is 30.3 Å². The number of anilines is 1. The molecule has 4 N–H and O–H groups in total. The molecule has 16 heavy (non-hydrogen) atoms. The van der Waals surface area contributed by atoms with Crippen LogP contribution in [-0.2, 0) is 0 Å². The Balaban J connectivity index is 2.49. The summed E-state index contributed by atoms with van der Waals surface area (Å²) >= 11 is 0. The minimum absolute atomic E-state index is 0.0384. The highest BCUT2D eigenvalue weighted by Crippen LogP contribution is 2.24. The van der Waals surface area contributed by atoms with Crippen molar-refractivity contribution in [1.82, 2.24) is 4.98 Å². The van der Waals surface area contributed by atoms with Crippen molar-refractivity contribution in [2.75, 3.05) is 5.73 Å². The molecule has 2 rings (SSSR count). The third-order valence-corrected chi connectivity index (χ3v) is 2.39. The Morgan fingerprint density at radius 2 is 2.12 bits per heavy atom. The zero-order chi connectivity index (χ0) is 11.7. The van der Waals surface area contributed by atoms with Crippen molar-refractivity contribution < 1.29 is 9.90 Å². The number of nitrogens with one attached hydrogen (secondary N) is 1. The van der Waals surface area contributed by atoms with Crippen LogP contribution in [0, 0.1) is 6.92 Å². The zero-order valence-electron chi connectivity index (χ0n) is 8.82. The van der Waals surface area contributed by atoms with Crippen molar-refractivity contribution in [1.29, 1.82) is 0 Å². The maximum absolute atomic E-state index is 10.8. The summed E-state index contributed by atoms with van der Waals surface area (Å²) in [6.45, 7) is 1.98. The molecule has 82 valence electrons. The van der Waals surface area contributed by atoms with Gasteiger partial charge in [0.15, 0.2) is 0 Å². The lowest BCUT2D eigenvalue weighted by Crippen LogP contribution is -2.00. The van der Waals surface area contributed by atoms with E-state index in [-0.39, 0.29) is 11.4 Å². The first-order chi connectivity index (χ1) is 7.58. The summed E-state index contributed by atoms with van der Waals surface area (Å²) in [6.07, 6.45) is 0. The molecule has 2 aromatic rings. The van der Waals surface area contributed by atoms with Gasteiger partial charge in [-0.15, -0.1) is 0 Å². The van der Waals surface area contributed by atoms with Crippen molar-refractivity contribution >= 4 is 11.7 Å². The van der Waals surface area contributed by atoms with Crippen LogP contribution < -0.4 is 5.73 Å². The van der Waals surface area contributed by atoms with Crippen molar-refractivity contribution in [3.05, 3.63) is 41.6 Å². The monoisotopic (exact) mass is 216 g/mol. The van der Waals surface area contributed by atoms with Gasteiger partial charge in [0.2, 0.25) is 0 Å². The molecule has 1 aromatic carbocycles. The fourth-order valence-corrected chi connectivity index (χ4v) is 1.62. The lowest BCUT2D eigenvalue weighted by atomic mass is 10.1. The van der Waals surface area contributed by atoms with E-state index >= 15 is 0 Å². The number of aromatic carboxylic acids is 1. The van der Waals surface area contributed by atoms with Gasteiger partial charge in [0.25, 0.3) is 0 Å². The predicted molar refractivity (Wildman–Crippen MR) is 62.3 cm³/mol. The molecule has 0 bridgehead atoms. The Labute approximate surface area is 92.7 Å². The molecule has 0 aliphatic heterocycles. The number of rotatable bonds is 2. The van der Waals surface area contributed by atoms with Crippen LogP contribution in [0.2, 0.25) is 0 Å². The van der Waals surface area contributed by atoms with Crippen LogP contribution in [-0.4, -0.2) is 16.1 Å². The molecule has 0 spiro atoms. The van der Waals surface area contributed by atoms with E-state index in [4.69, 9.17) is 10.8 Å². The van der Waals surface area contributed by atoms with Crippen molar-refractivity contribution in [3.8, 4) is 11.3 Å². The highest BCUT2D eigenvalue weighted by Gasteiger charge is 2.12. The maximum atomic E-state index is 10.8. The lowest BCUT2D eigenvalue weighted by molar-refractivity contribution is 0.0692. The van der Waals surface area contributed by atoms with Gasteiger partial charge < -0.3 is 15.8 Å². The second-order valence-corrected chi connectivity index (χ2v) is 3.69. The van der Waals surface area contributed by atoms with Gasteiger partial charge in [-0.1, -0.05) is 23.8 Å². The summed E-state index contributed by atoms with van der Waals surface area (Å²) in [5.41, 5.74) is 8.66. The Hall–Kier alpha value is -2.23. The number of carboxylic acids is 1. The van der Waals surface area contributed by atoms with Gasteiger partial charge >= 0.3 is 5.97 Å². The van der Waals surface area contributed by atoms with E-state index in [1.54, 1.807) is 6.07 Å². The normalized spacial score (nSPS) is 10.3. The number of aromatic nitrogens is 1. The summed E-state index contributed by atoms with van der Waals surface area (Å²) in [5, 5.41) is 8.87. The van der Waals surface area contributed by atoms with Gasteiger partial charge in [0.05, 0.1) is 5.69 Å². The van der Waals surface area contributed by atoms with Gasteiger partial charge in [0, 0.05) is 5.69 Å². The van der Waals surface area contributed by atoms with E-state index < -0.39 is 5.97 Å². The average molecular weight is 216 g/mol. The number of nitrogens with two attached hydrogens (primary N) is 1. The third-order valence-electron chi connectivity index (χ3n) is 2.39. The van der Waals surface area contributed by atoms with Gasteiger partial charge in [0.1, 0.15) is 5.69 Å². The fraction of sp³-hybridized carbons (Fsp3) is 0.0833. The molecule has 0 radical (unpaired) electrons. The molecular weight excluding hydrogens is 204 g/mol. The number of aryl methyl sites for hydroxylation is 1. The van der Waals surface area contributed by atoms with Crippen LogP contribution in [0.25, 0.3) is 11.3 Å². The minimum atomic E-state index is -1.04. The number of aromatic amines is 1. The van der Waals surface area contributed by atoms with Crippen LogP contribution in [0.5, 0.6) is 0 Å². The molecule has 0 atom stereocenters. The second-order valence-electron chi connectivity index (χ2n) is 3.69. The summed E-state index contributed by atoms with van der Waals surface area (Å²) in [4.78, 5) is 13.6. The van der Waals surface area contributed by atoms with Gasteiger partial charge in [-0.05, 0) is 24.6 Å². The number of carbonyl (C=O) groups is 1. The first kappa shape index (κ1) is 10.3. The first-order valence-electron chi connectivity index (χ1n) is 4.87. The molecule has 4 heteroatoms. The summed E-state index contributed by atoms with van der Waals surface area (Å²) in [5.74, 6) is -1.04. The Kier molecular flexibility index (Phi) is 2.40. The molecule has 4 nitrogen and oxygen atoms in total. The predicted octanol–water partition coefficient (Wildman–Crippen LogP) is 2.27. The SMILES string of the molecule is Cc1cccc(-c2cc(N)c(C(=O)O)[nH]2)c1. The first-order valence-corrected chi connectivity index (χ1v) is 4.87. The standard InChI is InChI=1S/C12H12N2O2/c1-7-3-2-4-8(5-7)10-6-9(13)11(14-10)12(15)16/h2-6,14H,13H2,1H3,(H,15,16). The number of carboxylic acid groups (broad SMARTS) is 1. The Morgan fingerprint density at radius 1 is 1.38 bits per heavy atom. The number of hydrogen-bond acceptors (Lipinski definition) is 2. The molecular formula is C12H12N2O2. The van der Waals surface area contributed by atoms with Gasteiger partial charge in [-0.25, -0.2) is 4.79 Å². The summed E-state index contributed by atoms with van der Waals surface area (Å²) in [6, 6.07) is 9.41. The fourth-order valence-electron chi connectivity index (χ4n) is 1.62. The smallest absolute Gasteiger partial charge is 0.354 e. The number of H-pyrrole nitrogens is 1. The number of hydrogen-bond donors (Lipinski definition) is 3.